The third-order valence-electron chi connectivity index (χ3n) is 3.25. The summed E-state index contributed by atoms with van der Waals surface area (Å²) >= 11 is 5.92. The van der Waals surface area contributed by atoms with Crippen LogP contribution in [0.25, 0.3) is 0 Å². The molecule has 5 heteroatoms. The molecule has 0 bridgehead atoms. The number of halogens is 1. The van der Waals surface area contributed by atoms with E-state index in [1.165, 1.54) is 0 Å². The third-order valence-corrected chi connectivity index (χ3v) is 3.49. The van der Waals surface area contributed by atoms with Gasteiger partial charge in [0.2, 0.25) is 0 Å². The van der Waals surface area contributed by atoms with E-state index < -0.39 is 6.10 Å². The van der Waals surface area contributed by atoms with Crippen LogP contribution in [0.15, 0.2) is 42.5 Å². The molecule has 0 aliphatic heterocycles. The molecule has 1 amide bonds. The van der Waals surface area contributed by atoms with Crippen LogP contribution in [0, 0.1) is 6.92 Å². The Morgan fingerprint density at radius 2 is 1.96 bits per heavy atom. The van der Waals surface area contributed by atoms with Gasteiger partial charge < -0.3 is 14.8 Å². The summed E-state index contributed by atoms with van der Waals surface area (Å²) in [7, 11) is 0. The molecule has 1 atom stereocenters. The van der Waals surface area contributed by atoms with Gasteiger partial charge in [-0.05, 0) is 56.7 Å². The van der Waals surface area contributed by atoms with Crippen molar-refractivity contribution < 1.29 is 14.3 Å². The zero-order valence-electron chi connectivity index (χ0n) is 13.4. The number of ether oxygens (including phenoxy) is 2. The second-order valence-corrected chi connectivity index (χ2v) is 5.52. The minimum Gasteiger partial charge on any atom is -0.492 e. The van der Waals surface area contributed by atoms with Gasteiger partial charge in [0.05, 0.1) is 12.3 Å². The van der Waals surface area contributed by atoms with Crippen LogP contribution in [0.1, 0.15) is 19.4 Å². The van der Waals surface area contributed by atoms with E-state index in [0.717, 1.165) is 5.56 Å². The van der Waals surface area contributed by atoms with Gasteiger partial charge in [0, 0.05) is 5.02 Å². The van der Waals surface area contributed by atoms with Crippen LogP contribution in [0.2, 0.25) is 5.02 Å². The first-order valence-electron chi connectivity index (χ1n) is 7.46. The molecule has 1 N–H and O–H groups in total. The van der Waals surface area contributed by atoms with Crippen molar-refractivity contribution in [1.82, 2.24) is 0 Å². The molecule has 2 aromatic carbocycles. The van der Waals surface area contributed by atoms with Crippen molar-refractivity contribution in [3.05, 3.63) is 53.1 Å². The fourth-order valence-corrected chi connectivity index (χ4v) is 2.30. The quantitative estimate of drug-likeness (QED) is 0.849. The lowest BCUT2D eigenvalue weighted by Crippen LogP contribution is -2.30. The van der Waals surface area contributed by atoms with Gasteiger partial charge in [0.1, 0.15) is 11.5 Å². The number of carbonyl (C=O) groups is 1. The van der Waals surface area contributed by atoms with Gasteiger partial charge >= 0.3 is 0 Å². The molecule has 0 radical (unpaired) electrons. The molecule has 0 aromatic heterocycles. The Morgan fingerprint density at radius 3 is 2.65 bits per heavy atom. The third kappa shape index (κ3) is 4.63. The maximum absolute atomic E-state index is 12.3. The summed E-state index contributed by atoms with van der Waals surface area (Å²) in [5.74, 6) is 1.03. The number of para-hydroxylation sites is 2. The Balaban J connectivity index is 2.05. The van der Waals surface area contributed by atoms with Gasteiger partial charge in [0.25, 0.3) is 5.91 Å². The zero-order chi connectivity index (χ0) is 16.8. The Morgan fingerprint density at radius 1 is 1.22 bits per heavy atom. The van der Waals surface area contributed by atoms with E-state index in [-0.39, 0.29) is 5.91 Å². The predicted molar refractivity (Wildman–Crippen MR) is 92.5 cm³/mol. The minimum absolute atomic E-state index is 0.244. The van der Waals surface area contributed by atoms with E-state index in [4.69, 9.17) is 21.1 Å². The number of anilines is 1. The Bertz CT molecular complexity index is 688. The fourth-order valence-electron chi connectivity index (χ4n) is 2.07. The highest BCUT2D eigenvalue weighted by Crippen LogP contribution is 2.25. The summed E-state index contributed by atoms with van der Waals surface area (Å²) in [6.07, 6.45) is -0.649. The molecule has 0 saturated carbocycles. The molecule has 0 spiro atoms. The molecule has 0 aliphatic rings. The standard InChI is InChI=1S/C18H20ClNO3/c1-4-22-17-8-6-5-7-15(17)20-18(21)13(3)23-16-10-9-14(19)11-12(16)2/h5-11,13H,4H2,1-3H3,(H,20,21). The lowest BCUT2D eigenvalue weighted by molar-refractivity contribution is -0.122. The molecule has 4 nitrogen and oxygen atoms in total. The molecular weight excluding hydrogens is 314 g/mol. The second-order valence-electron chi connectivity index (χ2n) is 5.09. The van der Waals surface area contributed by atoms with Crippen molar-refractivity contribution in [3.8, 4) is 11.5 Å². The van der Waals surface area contributed by atoms with Gasteiger partial charge in [-0.3, -0.25) is 4.79 Å². The van der Waals surface area contributed by atoms with Gasteiger partial charge in [-0.1, -0.05) is 23.7 Å². The summed E-state index contributed by atoms with van der Waals surface area (Å²) < 4.78 is 11.2. The molecule has 23 heavy (non-hydrogen) atoms. The number of rotatable bonds is 6. The molecule has 0 saturated heterocycles. The SMILES string of the molecule is CCOc1ccccc1NC(=O)C(C)Oc1ccc(Cl)cc1C. The lowest BCUT2D eigenvalue weighted by Gasteiger charge is -2.17. The minimum atomic E-state index is -0.649. The molecule has 1 unspecified atom stereocenters. The molecular formula is C18H20ClNO3. The van der Waals surface area contributed by atoms with Gasteiger partial charge in [0.15, 0.2) is 6.10 Å². The normalized spacial score (nSPS) is 11.7. The highest BCUT2D eigenvalue weighted by molar-refractivity contribution is 6.30. The van der Waals surface area contributed by atoms with E-state index >= 15 is 0 Å². The van der Waals surface area contributed by atoms with E-state index in [0.29, 0.717) is 28.8 Å². The number of aryl methyl sites for hydroxylation is 1. The first kappa shape index (κ1) is 17.2. The summed E-state index contributed by atoms with van der Waals surface area (Å²) in [5.41, 5.74) is 1.51. The van der Waals surface area contributed by atoms with Crippen molar-refractivity contribution in [2.75, 3.05) is 11.9 Å². The van der Waals surface area contributed by atoms with Crippen molar-refractivity contribution in [1.29, 1.82) is 0 Å². The average Bonchev–Trinajstić information content (AvgIpc) is 2.52. The molecule has 122 valence electrons. The zero-order valence-corrected chi connectivity index (χ0v) is 14.2. The smallest absolute Gasteiger partial charge is 0.265 e. The van der Waals surface area contributed by atoms with Crippen molar-refractivity contribution in [2.24, 2.45) is 0 Å². The van der Waals surface area contributed by atoms with Crippen molar-refractivity contribution in [2.45, 2.75) is 26.9 Å². The average molecular weight is 334 g/mol. The number of hydrogen-bond donors (Lipinski definition) is 1. The van der Waals surface area contributed by atoms with E-state index in [9.17, 15) is 4.79 Å². The Labute approximate surface area is 141 Å². The van der Waals surface area contributed by atoms with E-state index in [1.807, 2.05) is 32.0 Å². The first-order chi connectivity index (χ1) is 11.0. The molecule has 0 aliphatic carbocycles. The Kier molecular flexibility index (Phi) is 5.88. The highest BCUT2D eigenvalue weighted by atomic mass is 35.5. The van der Waals surface area contributed by atoms with Crippen LogP contribution in [-0.2, 0) is 4.79 Å². The van der Waals surface area contributed by atoms with Crippen LogP contribution in [0.4, 0.5) is 5.69 Å². The van der Waals surface area contributed by atoms with Crippen molar-refractivity contribution in [3.63, 3.8) is 0 Å². The Hall–Kier alpha value is -2.20. The number of nitrogens with one attached hydrogen (secondary N) is 1. The van der Waals surface area contributed by atoms with Crippen LogP contribution < -0.4 is 14.8 Å². The fraction of sp³-hybridized carbons (Fsp3) is 0.278. The van der Waals surface area contributed by atoms with Crippen LogP contribution in [-0.4, -0.2) is 18.6 Å². The summed E-state index contributed by atoms with van der Waals surface area (Å²) in [6, 6.07) is 12.6. The highest BCUT2D eigenvalue weighted by Gasteiger charge is 2.17. The maximum atomic E-state index is 12.3. The molecule has 0 fully saturated rings. The van der Waals surface area contributed by atoms with Crippen LogP contribution in [0.5, 0.6) is 11.5 Å². The molecule has 2 aromatic rings. The predicted octanol–water partition coefficient (Wildman–Crippen LogP) is 4.45. The van der Waals surface area contributed by atoms with Gasteiger partial charge in [-0.15, -0.1) is 0 Å². The second kappa shape index (κ2) is 7.88. The monoisotopic (exact) mass is 333 g/mol. The van der Waals surface area contributed by atoms with E-state index in [2.05, 4.69) is 5.32 Å². The number of amides is 1. The topological polar surface area (TPSA) is 47.6 Å². The first-order valence-corrected chi connectivity index (χ1v) is 7.84. The number of hydrogen-bond acceptors (Lipinski definition) is 3. The molecule has 2 rings (SSSR count). The maximum Gasteiger partial charge on any atom is 0.265 e. The van der Waals surface area contributed by atoms with E-state index in [1.54, 1.807) is 31.2 Å². The van der Waals surface area contributed by atoms with Gasteiger partial charge in [-0.2, -0.15) is 0 Å². The summed E-state index contributed by atoms with van der Waals surface area (Å²) in [6.45, 7) is 6.01. The number of benzene rings is 2. The van der Waals surface area contributed by atoms with Gasteiger partial charge in [-0.25, -0.2) is 0 Å². The number of carbonyl (C=O) groups excluding carboxylic acids is 1. The largest absolute Gasteiger partial charge is 0.492 e. The van der Waals surface area contributed by atoms with Crippen molar-refractivity contribution >= 4 is 23.2 Å². The summed E-state index contributed by atoms with van der Waals surface area (Å²) in [5, 5.41) is 3.47. The lowest BCUT2D eigenvalue weighted by atomic mass is 10.2. The van der Waals surface area contributed by atoms with Crippen LogP contribution in [0.3, 0.4) is 0 Å². The summed E-state index contributed by atoms with van der Waals surface area (Å²) in [4.78, 5) is 12.3. The molecule has 0 heterocycles. The van der Waals surface area contributed by atoms with Crippen LogP contribution >= 0.6 is 11.6 Å².